The first-order chi connectivity index (χ1) is 6.67. The average molecular weight is 202 g/mol. The van der Waals surface area contributed by atoms with E-state index >= 15 is 0 Å². The second-order valence-corrected chi connectivity index (χ2v) is 3.48. The maximum atomic E-state index is 8.82. The normalized spacial score (nSPS) is 15.5. The molecule has 0 aromatic rings. The van der Waals surface area contributed by atoms with Crippen LogP contribution in [-0.4, -0.2) is 47.6 Å². The highest BCUT2D eigenvalue weighted by molar-refractivity contribution is 4.78. The van der Waals surface area contributed by atoms with Crippen LogP contribution in [0.15, 0.2) is 12.7 Å². The van der Waals surface area contributed by atoms with Crippen molar-refractivity contribution < 1.29 is 10.2 Å². The Labute approximate surface area is 86.0 Å². The van der Waals surface area contributed by atoms with Crippen LogP contribution in [0.3, 0.4) is 0 Å². The minimum atomic E-state index is -0.132. The average Bonchev–Trinajstić information content (AvgIpc) is 2.17. The molecule has 2 atom stereocenters. The van der Waals surface area contributed by atoms with Crippen LogP contribution in [0.2, 0.25) is 0 Å². The van der Waals surface area contributed by atoms with Gasteiger partial charge >= 0.3 is 0 Å². The predicted octanol–water partition coefficient (Wildman–Crippen LogP) is -0.230. The first kappa shape index (κ1) is 13.6. The van der Waals surface area contributed by atoms with Crippen molar-refractivity contribution >= 4 is 0 Å². The molecule has 2 unspecified atom stereocenters. The molecule has 0 aliphatic rings. The molecule has 0 rings (SSSR count). The summed E-state index contributed by atoms with van der Waals surface area (Å²) < 4.78 is 0. The quantitative estimate of drug-likeness (QED) is 0.376. The highest BCUT2D eigenvalue weighted by Gasteiger charge is 2.18. The first-order valence-electron chi connectivity index (χ1n) is 4.99. The number of hydrogen-bond acceptors (Lipinski definition) is 4. The van der Waals surface area contributed by atoms with Gasteiger partial charge in [-0.3, -0.25) is 4.90 Å². The van der Waals surface area contributed by atoms with E-state index in [9.17, 15) is 0 Å². The zero-order chi connectivity index (χ0) is 11.0. The van der Waals surface area contributed by atoms with E-state index in [4.69, 9.17) is 15.9 Å². The number of aliphatic hydroxyl groups is 2. The van der Waals surface area contributed by atoms with Gasteiger partial charge in [-0.25, -0.2) is 0 Å². The third-order valence-electron chi connectivity index (χ3n) is 2.32. The summed E-state index contributed by atoms with van der Waals surface area (Å²) in [4.78, 5) is 1.88. The van der Waals surface area contributed by atoms with E-state index in [1.165, 1.54) is 0 Å². The Morgan fingerprint density at radius 1 is 1.36 bits per heavy atom. The maximum absolute atomic E-state index is 8.82. The number of allylic oxidation sites excluding steroid dienone is 1. The molecule has 0 aromatic heterocycles. The van der Waals surface area contributed by atoms with Gasteiger partial charge in [0.2, 0.25) is 0 Å². The molecular formula is C10H22N2O2. The van der Waals surface area contributed by atoms with Crippen molar-refractivity contribution in [2.24, 2.45) is 11.7 Å². The number of hydrogen-bond donors (Lipinski definition) is 3. The van der Waals surface area contributed by atoms with Crippen molar-refractivity contribution in [1.82, 2.24) is 4.90 Å². The Morgan fingerprint density at radius 3 is 2.21 bits per heavy atom. The summed E-state index contributed by atoms with van der Waals surface area (Å²) in [6, 6.07) is 0. The van der Waals surface area contributed by atoms with Crippen LogP contribution in [-0.2, 0) is 0 Å². The topological polar surface area (TPSA) is 69.7 Å². The van der Waals surface area contributed by atoms with Crippen molar-refractivity contribution in [2.45, 2.75) is 19.5 Å². The molecule has 0 radical (unpaired) electrons. The van der Waals surface area contributed by atoms with E-state index in [1.807, 2.05) is 17.9 Å². The third kappa shape index (κ3) is 4.72. The van der Waals surface area contributed by atoms with Crippen LogP contribution in [0.25, 0.3) is 0 Å². The van der Waals surface area contributed by atoms with Gasteiger partial charge in [-0.05, 0) is 12.3 Å². The molecule has 0 aliphatic carbocycles. The van der Waals surface area contributed by atoms with Crippen LogP contribution in [0.5, 0.6) is 0 Å². The summed E-state index contributed by atoms with van der Waals surface area (Å²) >= 11 is 0. The lowest BCUT2D eigenvalue weighted by Gasteiger charge is -2.31. The van der Waals surface area contributed by atoms with E-state index in [-0.39, 0.29) is 25.3 Å². The van der Waals surface area contributed by atoms with Crippen LogP contribution in [0, 0.1) is 5.92 Å². The van der Waals surface area contributed by atoms with Gasteiger partial charge in [-0.1, -0.05) is 13.0 Å². The lowest BCUT2D eigenvalue weighted by Crippen LogP contribution is -2.48. The Bertz CT molecular complexity index is 147. The second kappa shape index (κ2) is 7.94. The predicted molar refractivity (Wildman–Crippen MR) is 57.7 cm³/mol. The molecule has 14 heavy (non-hydrogen) atoms. The van der Waals surface area contributed by atoms with Crippen molar-refractivity contribution in [2.75, 3.05) is 26.3 Å². The maximum Gasteiger partial charge on any atom is 0.0602 e. The van der Waals surface area contributed by atoms with Crippen molar-refractivity contribution in [3.05, 3.63) is 12.7 Å². The smallest absolute Gasteiger partial charge is 0.0602 e. The molecule has 4 nitrogen and oxygen atoms in total. The summed E-state index contributed by atoms with van der Waals surface area (Å²) in [5, 5.41) is 17.6. The van der Waals surface area contributed by atoms with Crippen LogP contribution < -0.4 is 5.73 Å². The summed E-state index contributed by atoms with van der Waals surface area (Å²) in [5.41, 5.74) is 5.98. The Kier molecular flexibility index (Phi) is 7.70. The fraction of sp³-hybridized carbons (Fsp3) is 0.800. The number of rotatable bonds is 8. The minimum absolute atomic E-state index is 0.0640. The Hall–Kier alpha value is -0.420. The van der Waals surface area contributed by atoms with Crippen molar-refractivity contribution in [3.63, 3.8) is 0 Å². The largest absolute Gasteiger partial charge is 0.395 e. The van der Waals surface area contributed by atoms with Gasteiger partial charge in [0.05, 0.1) is 19.4 Å². The molecule has 0 saturated heterocycles. The van der Waals surface area contributed by atoms with E-state index in [1.54, 1.807) is 0 Å². The number of nitrogens with two attached hydrogens (primary N) is 1. The fourth-order valence-corrected chi connectivity index (χ4v) is 1.43. The van der Waals surface area contributed by atoms with Crippen molar-refractivity contribution in [3.8, 4) is 0 Å². The summed E-state index contributed by atoms with van der Waals surface area (Å²) in [7, 11) is 0. The van der Waals surface area contributed by atoms with Crippen LogP contribution >= 0.6 is 0 Å². The minimum Gasteiger partial charge on any atom is -0.395 e. The van der Waals surface area contributed by atoms with Crippen molar-refractivity contribution in [1.29, 1.82) is 0 Å². The van der Waals surface area contributed by atoms with Gasteiger partial charge in [-0.15, -0.1) is 6.58 Å². The molecule has 0 spiro atoms. The van der Waals surface area contributed by atoms with Gasteiger partial charge in [0.25, 0.3) is 0 Å². The molecule has 0 heterocycles. The lowest BCUT2D eigenvalue weighted by molar-refractivity contribution is 0.0979. The van der Waals surface area contributed by atoms with Gasteiger partial charge in [0, 0.05) is 13.1 Å². The molecule has 0 saturated carbocycles. The van der Waals surface area contributed by atoms with Gasteiger partial charge in [0.1, 0.15) is 0 Å². The number of nitrogens with zero attached hydrogens (tertiary/aromatic N) is 1. The molecular weight excluding hydrogens is 180 g/mol. The standard InChI is InChI=1S/C10H22N2O2/c1-3-4-9(2)10(11)12(5-7-13)6-8-14/h3,9-10,13-14H,1,4-8,11H2,2H3. The van der Waals surface area contributed by atoms with E-state index in [0.29, 0.717) is 13.1 Å². The molecule has 4 heteroatoms. The van der Waals surface area contributed by atoms with Crippen LogP contribution in [0.4, 0.5) is 0 Å². The third-order valence-corrected chi connectivity index (χ3v) is 2.32. The van der Waals surface area contributed by atoms with Gasteiger partial charge in [0.15, 0.2) is 0 Å². The van der Waals surface area contributed by atoms with Gasteiger partial charge < -0.3 is 15.9 Å². The Balaban J connectivity index is 4.10. The van der Waals surface area contributed by atoms with E-state index < -0.39 is 0 Å². The summed E-state index contributed by atoms with van der Waals surface area (Å²) in [6.45, 7) is 6.83. The molecule has 0 amide bonds. The zero-order valence-electron chi connectivity index (χ0n) is 8.89. The summed E-state index contributed by atoms with van der Waals surface area (Å²) in [5.74, 6) is 0.283. The van der Waals surface area contributed by atoms with E-state index in [0.717, 1.165) is 6.42 Å². The highest BCUT2D eigenvalue weighted by atomic mass is 16.3. The molecule has 0 aliphatic heterocycles. The molecule has 0 fully saturated rings. The summed E-state index contributed by atoms with van der Waals surface area (Å²) in [6.07, 6.45) is 2.54. The van der Waals surface area contributed by atoms with Gasteiger partial charge in [-0.2, -0.15) is 0 Å². The fourth-order valence-electron chi connectivity index (χ4n) is 1.43. The molecule has 4 N–H and O–H groups in total. The second-order valence-electron chi connectivity index (χ2n) is 3.48. The van der Waals surface area contributed by atoms with Crippen LogP contribution in [0.1, 0.15) is 13.3 Å². The zero-order valence-corrected chi connectivity index (χ0v) is 8.89. The first-order valence-corrected chi connectivity index (χ1v) is 4.99. The van der Waals surface area contributed by atoms with E-state index in [2.05, 4.69) is 6.58 Å². The SMILES string of the molecule is C=CCC(C)C(N)N(CCO)CCO. The number of aliphatic hydroxyl groups excluding tert-OH is 2. The monoisotopic (exact) mass is 202 g/mol. The highest BCUT2D eigenvalue weighted by Crippen LogP contribution is 2.10. The molecule has 0 bridgehead atoms. The molecule has 0 aromatic carbocycles. The molecule has 84 valence electrons. The Morgan fingerprint density at radius 2 is 1.86 bits per heavy atom. The lowest BCUT2D eigenvalue weighted by atomic mass is 10.0.